The van der Waals surface area contributed by atoms with Gasteiger partial charge in [0.1, 0.15) is 0 Å². The number of urea groups is 1. The SMILES string of the molecule is CN(CC(O)C1CC1)C(=O)NCc1ccc(Cl)cn1. The van der Waals surface area contributed by atoms with Gasteiger partial charge < -0.3 is 15.3 Å². The highest BCUT2D eigenvalue weighted by Gasteiger charge is 2.31. The lowest BCUT2D eigenvalue weighted by atomic mass is 10.2. The summed E-state index contributed by atoms with van der Waals surface area (Å²) in [6.07, 6.45) is 3.25. The van der Waals surface area contributed by atoms with Gasteiger partial charge in [0.15, 0.2) is 0 Å². The summed E-state index contributed by atoms with van der Waals surface area (Å²) in [5, 5.41) is 13.1. The molecular weight excluding hydrogens is 266 g/mol. The van der Waals surface area contributed by atoms with E-state index in [4.69, 9.17) is 11.6 Å². The van der Waals surface area contributed by atoms with Crippen LogP contribution in [0.5, 0.6) is 0 Å². The molecule has 1 heterocycles. The maximum absolute atomic E-state index is 11.8. The Balaban J connectivity index is 1.75. The summed E-state index contributed by atoms with van der Waals surface area (Å²) in [5.74, 6) is 0.369. The van der Waals surface area contributed by atoms with Crippen LogP contribution in [0.4, 0.5) is 4.79 Å². The van der Waals surface area contributed by atoms with Gasteiger partial charge in [-0.2, -0.15) is 0 Å². The molecule has 0 aromatic carbocycles. The molecule has 0 saturated heterocycles. The lowest BCUT2D eigenvalue weighted by Crippen LogP contribution is -2.41. The summed E-state index contributed by atoms with van der Waals surface area (Å²) in [6.45, 7) is 0.713. The minimum absolute atomic E-state index is 0.212. The molecule has 1 aliphatic rings. The van der Waals surface area contributed by atoms with Crippen LogP contribution in [0, 0.1) is 5.92 Å². The molecular formula is C13H18ClN3O2. The molecule has 1 fully saturated rings. The number of aliphatic hydroxyl groups excluding tert-OH is 1. The zero-order valence-corrected chi connectivity index (χ0v) is 11.6. The Morgan fingerprint density at radius 3 is 2.95 bits per heavy atom. The minimum atomic E-state index is -0.413. The molecule has 5 nitrogen and oxygen atoms in total. The summed E-state index contributed by atoms with van der Waals surface area (Å²) in [4.78, 5) is 17.4. The fraction of sp³-hybridized carbons (Fsp3) is 0.538. The Morgan fingerprint density at radius 1 is 1.63 bits per heavy atom. The first-order valence-corrected chi connectivity index (χ1v) is 6.71. The van der Waals surface area contributed by atoms with Crippen molar-refractivity contribution < 1.29 is 9.90 Å². The number of rotatable bonds is 5. The predicted octanol–water partition coefficient (Wildman–Crippen LogP) is 1.65. The zero-order valence-electron chi connectivity index (χ0n) is 10.8. The molecule has 0 aliphatic heterocycles. The third-order valence-electron chi connectivity index (χ3n) is 3.18. The first-order valence-electron chi connectivity index (χ1n) is 6.33. The Bertz CT molecular complexity index is 434. The standard InChI is InChI=1S/C13H18ClN3O2/c1-17(8-12(18)9-2-3-9)13(19)16-7-11-5-4-10(14)6-15-11/h4-6,9,12,18H,2-3,7-8H2,1H3,(H,16,19). The molecule has 1 aromatic heterocycles. The Kier molecular flexibility index (Phi) is 4.61. The van der Waals surface area contributed by atoms with E-state index in [9.17, 15) is 9.90 Å². The Labute approximate surface area is 117 Å². The van der Waals surface area contributed by atoms with E-state index in [-0.39, 0.29) is 6.03 Å². The number of amides is 2. The summed E-state index contributed by atoms with van der Waals surface area (Å²) in [6, 6.07) is 3.29. The van der Waals surface area contributed by atoms with Crippen LogP contribution in [-0.4, -0.2) is 40.7 Å². The van der Waals surface area contributed by atoms with Gasteiger partial charge in [0, 0.05) is 19.8 Å². The second-order valence-electron chi connectivity index (χ2n) is 4.91. The van der Waals surface area contributed by atoms with Crippen molar-refractivity contribution in [3.8, 4) is 0 Å². The average molecular weight is 284 g/mol. The summed E-state index contributed by atoms with van der Waals surface area (Å²) in [7, 11) is 1.68. The average Bonchev–Trinajstić information content (AvgIpc) is 3.21. The van der Waals surface area contributed by atoms with Crippen LogP contribution in [0.1, 0.15) is 18.5 Å². The van der Waals surface area contributed by atoms with Gasteiger partial charge in [-0.25, -0.2) is 4.79 Å². The van der Waals surface area contributed by atoms with E-state index in [0.717, 1.165) is 18.5 Å². The quantitative estimate of drug-likeness (QED) is 0.863. The highest BCUT2D eigenvalue weighted by atomic mass is 35.5. The second kappa shape index (κ2) is 6.21. The van der Waals surface area contributed by atoms with Crippen LogP contribution in [-0.2, 0) is 6.54 Å². The number of pyridine rings is 1. The van der Waals surface area contributed by atoms with Gasteiger partial charge in [0.25, 0.3) is 0 Å². The molecule has 0 spiro atoms. The third-order valence-corrected chi connectivity index (χ3v) is 3.41. The number of hydrogen-bond acceptors (Lipinski definition) is 3. The number of aromatic nitrogens is 1. The number of likely N-dealkylation sites (N-methyl/N-ethyl adjacent to an activating group) is 1. The highest BCUT2D eigenvalue weighted by molar-refractivity contribution is 6.30. The van der Waals surface area contributed by atoms with Crippen molar-refractivity contribution in [1.82, 2.24) is 15.2 Å². The number of nitrogens with zero attached hydrogens (tertiary/aromatic N) is 2. The minimum Gasteiger partial charge on any atom is -0.391 e. The van der Waals surface area contributed by atoms with E-state index in [1.54, 1.807) is 25.4 Å². The molecule has 1 saturated carbocycles. The lowest BCUT2D eigenvalue weighted by molar-refractivity contribution is 0.113. The van der Waals surface area contributed by atoms with Crippen LogP contribution < -0.4 is 5.32 Å². The van der Waals surface area contributed by atoms with Crippen molar-refractivity contribution >= 4 is 17.6 Å². The van der Waals surface area contributed by atoms with E-state index < -0.39 is 6.10 Å². The fourth-order valence-corrected chi connectivity index (χ4v) is 1.92. The molecule has 2 rings (SSSR count). The fourth-order valence-electron chi connectivity index (χ4n) is 1.81. The Hall–Kier alpha value is -1.33. The molecule has 0 radical (unpaired) electrons. The van der Waals surface area contributed by atoms with Crippen molar-refractivity contribution in [2.45, 2.75) is 25.5 Å². The molecule has 104 valence electrons. The highest BCUT2D eigenvalue weighted by Crippen LogP contribution is 2.32. The van der Waals surface area contributed by atoms with Crippen molar-refractivity contribution in [3.63, 3.8) is 0 Å². The molecule has 2 N–H and O–H groups in total. The first kappa shape index (κ1) is 14.1. The van der Waals surface area contributed by atoms with Gasteiger partial charge in [-0.1, -0.05) is 11.6 Å². The third kappa shape index (κ3) is 4.36. The zero-order chi connectivity index (χ0) is 13.8. The first-order chi connectivity index (χ1) is 9.06. The molecule has 1 aromatic rings. The van der Waals surface area contributed by atoms with Crippen LogP contribution in [0.15, 0.2) is 18.3 Å². The normalized spacial score (nSPS) is 15.9. The number of nitrogens with one attached hydrogen (secondary N) is 1. The summed E-state index contributed by atoms with van der Waals surface area (Å²) < 4.78 is 0. The molecule has 6 heteroatoms. The molecule has 1 unspecified atom stereocenters. The van der Waals surface area contributed by atoms with Crippen molar-refractivity contribution in [3.05, 3.63) is 29.0 Å². The maximum atomic E-state index is 11.8. The van der Waals surface area contributed by atoms with Gasteiger partial charge in [-0.05, 0) is 30.9 Å². The van der Waals surface area contributed by atoms with E-state index >= 15 is 0 Å². The molecule has 19 heavy (non-hydrogen) atoms. The number of hydrogen-bond donors (Lipinski definition) is 2. The molecule has 1 aliphatic carbocycles. The lowest BCUT2D eigenvalue weighted by Gasteiger charge is -2.21. The van der Waals surface area contributed by atoms with Gasteiger partial charge in [-0.15, -0.1) is 0 Å². The summed E-state index contributed by atoms with van der Waals surface area (Å²) >= 11 is 5.73. The number of aliphatic hydroxyl groups is 1. The predicted molar refractivity (Wildman–Crippen MR) is 72.8 cm³/mol. The van der Waals surface area contributed by atoms with E-state index in [1.807, 2.05) is 0 Å². The number of carbonyl (C=O) groups is 1. The smallest absolute Gasteiger partial charge is 0.317 e. The second-order valence-corrected chi connectivity index (χ2v) is 5.35. The van der Waals surface area contributed by atoms with Crippen molar-refractivity contribution in [1.29, 1.82) is 0 Å². The number of halogens is 1. The monoisotopic (exact) mass is 283 g/mol. The van der Waals surface area contributed by atoms with Crippen molar-refractivity contribution in [2.75, 3.05) is 13.6 Å². The van der Waals surface area contributed by atoms with E-state index in [1.165, 1.54) is 4.90 Å². The maximum Gasteiger partial charge on any atom is 0.317 e. The molecule has 0 bridgehead atoms. The van der Waals surface area contributed by atoms with Gasteiger partial charge >= 0.3 is 6.03 Å². The number of carbonyl (C=O) groups excluding carboxylic acids is 1. The van der Waals surface area contributed by atoms with Crippen molar-refractivity contribution in [2.24, 2.45) is 5.92 Å². The van der Waals surface area contributed by atoms with Crippen LogP contribution >= 0.6 is 11.6 Å². The van der Waals surface area contributed by atoms with Gasteiger partial charge in [-0.3, -0.25) is 4.98 Å². The molecule has 2 amide bonds. The topological polar surface area (TPSA) is 65.5 Å². The Morgan fingerprint density at radius 2 is 2.37 bits per heavy atom. The van der Waals surface area contributed by atoms with Gasteiger partial charge in [0.05, 0.1) is 23.4 Å². The van der Waals surface area contributed by atoms with Crippen LogP contribution in [0.25, 0.3) is 0 Å². The van der Waals surface area contributed by atoms with E-state index in [2.05, 4.69) is 10.3 Å². The largest absolute Gasteiger partial charge is 0.391 e. The summed E-state index contributed by atoms with van der Waals surface area (Å²) in [5.41, 5.74) is 0.744. The van der Waals surface area contributed by atoms with E-state index in [0.29, 0.717) is 24.0 Å². The van der Waals surface area contributed by atoms with Gasteiger partial charge in [0.2, 0.25) is 0 Å². The van der Waals surface area contributed by atoms with Crippen LogP contribution in [0.3, 0.4) is 0 Å². The van der Waals surface area contributed by atoms with Crippen LogP contribution in [0.2, 0.25) is 5.02 Å². The molecule has 1 atom stereocenters.